The molecule has 0 spiro atoms. The molecule has 25 heavy (non-hydrogen) atoms. The highest BCUT2D eigenvalue weighted by Crippen LogP contribution is 2.21. The summed E-state index contributed by atoms with van der Waals surface area (Å²) in [4.78, 5) is 24.1. The molecule has 1 aromatic rings. The second-order valence-corrected chi connectivity index (χ2v) is 9.39. The zero-order valence-electron chi connectivity index (χ0n) is 14.2. The van der Waals surface area contributed by atoms with Crippen molar-refractivity contribution in [2.24, 2.45) is 5.92 Å². The first-order chi connectivity index (χ1) is 11.8. The first-order valence-electron chi connectivity index (χ1n) is 8.41. The Morgan fingerprint density at radius 2 is 2.00 bits per heavy atom. The molecule has 0 aliphatic carbocycles. The van der Waals surface area contributed by atoms with E-state index in [-0.39, 0.29) is 22.5 Å². The fraction of sp³-hybridized carbons (Fsp3) is 0.625. The zero-order valence-corrected chi connectivity index (χ0v) is 15.9. The monoisotopic (exact) mass is 388 g/mol. The second-order valence-electron chi connectivity index (χ2n) is 6.13. The smallest absolute Gasteiger partial charge is 0.345 e. The molecule has 1 amide bonds. The summed E-state index contributed by atoms with van der Waals surface area (Å²) in [6.45, 7) is 3.02. The van der Waals surface area contributed by atoms with Crippen molar-refractivity contribution in [3.05, 3.63) is 21.9 Å². The summed E-state index contributed by atoms with van der Waals surface area (Å²) >= 11 is 1.14. The van der Waals surface area contributed by atoms with Gasteiger partial charge >= 0.3 is 5.97 Å². The molecule has 2 N–H and O–H groups in total. The van der Waals surface area contributed by atoms with Crippen molar-refractivity contribution in [2.75, 3.05) is 18.8 Å². The summed E-state index contributed by atoms with van der Waals surface area (Å²) in [6.07, 6.45) is 2.52. The van der Waals surface area contributed by atoms with Crippen LogP contribution in [0, 0.1) is 5.92 Å². The van der Waals surface area contributed by atoms with E-state index in [4.69, 9.17) is 5.11 Å². The Hall–Kier alpha value is -1.45. The largest absolute Gasteiger partial charge is 0.477 e. The number of hydrogen-bond acceptors (Lipinski definition) is 5. The summed E-state index contributed by atoms with van der Waals surface area (Å²) in [6, 6.07) is 3.21. The minimum absolute atomic E-state index is 0.101. The lowest BCUT2D eigenvalue weighted by Crippen LogP contribution is -2.43. The summed E-state index contributed by atoms with van der Waals surface area (Å²) in [5.74, 6) is -1.10. The quantitative estimate of drug-likeness (QED) is 0.708. The Balaban J connectivity index is 1.79. The number of carboxylic acids is 1. The van der Waals surface area contributed by atoms with Crippen LogP contribution in [-0.2, 0) is 21.4 Å². The van der Waals surface area contributed by atoms with E-state index < -0.39 is 16.0 Å². The van der Waals surface area contributed by atoms with Gasteiger partial charge in [-0.05, 0) is 31.4 Å². The first-order valence-corrected chi connectivity index (χ1v) is 10.8. The lowest BCUT2D eigenvalue weighted by atomic mass is 9.97. The third-order valence-corrected chi connectivity index (χ3v) is 7.31. The van der Waals surface area contributed by atoms with Crippen LogP contribution in [0.15, 0.2) is 12.1 Å². The molecule has 0 aromatic carbocycles. The minimum Gasteiger partial charge on any atom is -0.477 e. The molecule has 7 nitrogen and oxygen atoms in total. The number of nitrogens with zero attached hydrogens (tertiary/aromatic N) is 1. The molecule has 0 saturated carbocycles. The van der Waals surface area contributed by atoms with Gasteiger partial charge in [-0.15, -0.1) is 11.3 Å². The number of rotatable bonds is 8. The minimum atomic E-state index is -3.21. The lowest BCUT2D eigenvalue weighted by Gasteiger charge is -2.30. The van der Waals surface area contributed by atoms with Gasteiger partial charge in [0.1, 0.15) is 4.88 Å². The van der Waals surface area contributed by atoms with Crippen molar-refractivity contribution in [1.82, 2.24) is 9.62 Å². The number of carbonyl (C=O) groups is 2. The third kappa shape index (κ3) is 5.52. The number of piperidine rings is 1. The summed E-state index contributed by atoms with van der Waals surface area (Å²) < 4.78 is 25.8. The van der Waals surface area contributed by atoms with E-state index in [1.807, 2.05) is 6.92 Å². The van der Waals surface area contributed by atoms with Gasteiger partial charge < -0.3 is 10.4 Å². The van der Waals surface area contributed by atoms with E-state index in [1.54, 1.807) is 6.07 Å². The lowest BCUT2D eigenvalue weighted by molar-refractivity contribution is -0.126. The fourth-order valence-electron chi connectivity index (χ4n) is 2.76. The van der Waals surface area contributed by atoms with Gasteiger partial charge in [-0.3, -0.25) is 4.79 Å². The van der Waals surface area contributed by atoms with E-state index in [2.05, 4.69) is 5.32 Å². The maximum atomic E-state index is 12.2. The molecule has 1 saturated heterocycles. The number of amides is 1. The highest BCUT2D eigenvalue weighted by Gasteiger charge is 2.30. The average molecular weight is 389 g/mol. The van der Waals surface area contributed by atoms with Crippen LogP contribution in [-0.4, -0.2) is 48.5 Å². The third-order valence-electron chi connectivity index (χ3n) is 4.28. The van der Waals surface area contributed by atoms with Gasteiger partial charge in [-0.1, -0.05) is 13.3 Å². The van der Waals surface area contributed by atoms with E-state index in [0.29, 0.717) is 38.9 Å². The van der Waals surface area contributed by atoms with Crippen LogP contribution in [0.25, 0.3) is 0 Å². The summed E-state index contributed by atoms with van der Waals surface area (Å²) in [5.41, 5.74) is 0. The van der Waals surface area contributed by atoms with Crippen LogP contribution in [0.3, 0.4) is 0 Å². The predicted octanol–water partition coefficient (Wildman–Crippen LogP) is 1.90. The number of carbonyl (C=O) groups excluding carboxylic acids is 1. The zero-order chi connectivity index (χ0) is 18.4. The molecular weight excluding hydrogens is 364 g/mol. The van der Waals surface area contributed by atoms with Gasteiger partial charge in [0.05, 0.1) is 12.3 Å². The van der Waals surface area contributed by atoms with Gasteiger partial charge in [0.25, 0.3) is 0 Å². The highest BCUT2D eigenvalue weighted by molar-refractivity contribution is 7.89. The van der Waals surface area contributed by atoms with Crippen molar-refractivity contribution >= 4 is 33.2 Å². The molecule has 2 rings (SSSR count). The molecule has 2 heterocycles. The maximum Gasteiger partial charge on any atom is 0.345 e. The molecule has 1 fully saturated rings. The molecule has 1 aliphatic heterocycles. The molecule has 1 aliphatic rings. The van der Waals surface area contributed by atoms with Gasteiger partial charge in [-0.2, -0.15) is 0 Å². The molecule has 9 heteroatoms. The van der Waals surface area contributed by atoms with Crippen molar-refractivity contribution < 1.29 is 23.1 Å². The number of sulfonamides is 1. The molecule has 1 aromatic heterocycles. The van der Waals surface area contributed by atoms with E-state index in [1.165, 1.54) is 10.4 Å². The van der Waals surface area contributed by atoms with Crippen LogP contribution in [0.4, 0.5) is 0 Å². The topological polar surface area (TPSA) is 104 Å². The van der Waals surface area contributed by atoms with Gasteiger partial charge in [0, 0.05) is 23.9 Å². The Kier molecular flexibility index (Phi) is 6.97. The van der Waals surface area contributed by atoms with E-state index >= 15 is 0 Å². The predicted molar refractivity (Wildman–Crippen MR) is 96.1 cm³/mol. The Labute approximate surface area is 152 Å². The maximum absolute atomic E-state index is 12.2. The number of aromatic carboxylic acids is 1. The summed E-state index contributed by atoms with van der Waals surface area (Å²) in [7, 11) is -3.21. The number of hydrogen-bond donors (Lipinski definition) is 2. The molecule has 0 unspecified atom stereocenters. The van der Waals surface area contributed by atoms with Crippen LogP contribution < -0.4 is 5.32 Å². The molecular formula is C16H24N2O5S2. The normalized spacial score (nSPS) is 16.7. The highest BCUT2D eigenvalue weighted by atomic mass is 32.2. The van der Waals surface area contributed by atoms with Gasteiger partial charge in [0.15, 0.2) is 0 Å². The molecule has 0 atom stereocenters. The second kappa shape index (κ2) is 8.77. The SMILES string of the molecule is CCCCS(=O)(=O)N1CCC(C(=O)NCc2ccc(C(=O)O)s2)CC1. The molecule has 0 bridgehead atoms. The average Bonchev–Trinajstić information content (AvgIpc) is 3.07. The summed E-state index contributed by atoms with van der Waals surface area (Å²) in [5, 5.41) is 11.7. The van der Waals surface area contributed by atoms with Crippen molar-refractivity contribution in [3.63, 3.8) is 0 Å². The number of unbranched alkanes of at least 4 members (excludes halogenated alkanes) is 1. The van der Waals surface area contributed by atoms with Crippen LogP contribution in [0.1, 0.15) is 47.2 Å². The first kappa shape index (κ1) is 19.9. The number of carboxylic acid groups (broad SMARTS) is 1. The van der Waals surface area contributed by atoms with Crippen molar-refractivity contribution in [3.8, 4) is 0 Å². The van der Waals surface area contributed by atoms with Crippen molar-refractivity contribution in [2.45, 2.75) is 39.2 Å². The van der Waals surface area contributed by atoms with Crippen LogP contribution >= 0.6 is 11.3 Å². The number of thiophene rings is 1. The van der Waals surface area contributed by atoms with Crippen molar-refractivity contribution in [1.29, 1.82) is 0 Å². The standard InChI is InChI=1S/C16H24N2O5S2/c1-2-3-10-25(22,23)18-8-6-12(7-9-18)15(19)17-11-13-4-5-14(24-13)16(20)21/h4-5,12H,2-3,6-11H2,1H3,(H,17,19)(H,20,21). The van der Waals surface area contributed by atoms with Crippen LogP contribution in [0.2, 0.25) is 0 Å². The molecule has 140 valence electrons. The fourth-order valence-corrected chi connectivity index (χ4v) is 5.22. The number of nitrogens with one attached hydrogen (secondary N) is 1. The van der Waals surface area contributed by atoms with E-state index in [9.17, 15) is 18.0 Å². The van der Waals surface area contributed by atoms with Gasteiger partial charge in [0.2, 0.25) is 15.9 Å². The van der Waals surface area contributed by atoms with Crippen LogP contribution in [0.5, 0.6) is 0 Å². The van der Waals surface area contributed by atoms with Gasteiger partial charge in [-0.25, -0.2) is 17.5 Å². The Morgan fingerprint density at radius 3 is 2.56 bits per heavy atom. The van der Waals surface area contributed by atoms with E-state index in [0.717, 1.165) is 22.6 Å². The Morgan fingerprint density at radius 1 is 1.32 bits per heavy atom. The Bertz CT molecular complexity index is 706. The molecule has 0 radical (unpaired) electrons.